The number of nitrogens with zero attached hydrogens (tertiary/aromatic N) is 1. The predicted molar refractivity (Wildman–Crippen MR) is 78.2 cm³/mol. The normalized spacial score (nSPS) is 10.7. The molecule has 0 atom stereocenters. The first-order chi connectivity index (χ1) is 9.47. The van der Waals surface area contributed by atoms with Crippen molar-refractivity contribution in [1.82, 2.24) is 10.2 Å². The van der Waals surface area contributed by atoms with E-state index in [4.69, 9.17) is 4.74 Å². The first-order valence-electron chi connectivity index (χ1n) is 6.57. The van der Waals surface area contributed by atoms with Crippen LogP contribution in [-0.2, 0) is 0 Å². The number of carbonyl (C=O) groups excluding carboxylic acids is 1. The molecule has 0 unspecified atom stereocenters. The predicted octanol–water partition coefficient (Wildman–Crippen LogP) is 3.07. The summed E-state index contributed by atoms with van der Waals surface area (Å²) in [5, 5.41) is 9.68. The number of aryl methyl sites for hydroxylation is 1. The molecule has 1 heterocycles. The van der Waals surface area contributed by atoms with Crippen molar-refractivity contribution in [2.24, 2.45) is 0 Å². The van der Waals surface area contributed by atoms with Crippen LogP contribution in [0.1, 0.15) is 35.5 Å². The summed E-state index contributed by atoms with van der Waals surface area (Å²) in [6, 6.07) is 7.05. The van der Waals surface area contributed by atoms with Crippen molar-refractivity contribution < 1.29 is 9.53 Å². The van der Waals surface area contributed by atoms with Gasteiger partial charge in [-0.2, -0.15) is 5.10 Å². The third kappa shape index (κ3) is 3.17. The van der Waals surface area contributed by atoms with Crippen LogP contribution in [0, 0.1) is 13.8 Å². The van der Waals surface area contributed by atoms with Gasteiger partial charge in [-0.1, -0.05) is 0 Å². The molecule has 1 aromatic carbocycles. The van der Waals surface area contributed by atoms with Crippen LogP contribution in [0.2, 0.25) is 0 Å². The highest BCUT2D eigenvalue weighted by Crippen LogP contribution is 2.17. The van der Waals surface area contributed by atoms with Crippen LogP contribution < -0.4 is 10.1 Å². The average molecular weight is 273 g/mol. The van der Waals surface area contributed by atoms with Gasteiger partial charge < -0.3 is 10.1 Å². The second-order valence-corrected chi connectivity index (χ2v) is 4.97. The van der Waals surface area contributed by atoms with E-state index in [0.717, 1.165) is 17.0 Å². The third-order valence-corrected chi connectivity index (χ3v) is 2.97. The van der Waals surface area contributed by atoms with Crippen LogP contribution in [0.5, 0.6) is 5.75 Å². The molecule has 2 aromatic rings. The van der Waals surface area contributed by atoms with Gasteiger partial charge in [0.2, 0.25) is 0 Å². The molecule has 0 spiro atoms. The average Bonchev–Trinajstić information content (AvgIpc) is 2.71. The number of ether oxygens (including phenoxy) is 1. The summed E-state index contributed by atoms with van der Waals surface area (Å²) in [6.45, 7) is 7.75. The van der Waals surface area contributed by atoms with E-state index in [1.54, 1.807) is 24.3 Å². The van der Waals surface area contributed by atoms with Crippen molar-refractivity contribution in [1.29, 1.82) is 0 Å². The Hall–Kier alpha value is -2.30. The lowest BCUT2D eigenvalue weighted by molar-refractivity contribution is 0.102. The van der Waals surface area contributed by atoms with Gasteiger partial charge in [-0.15, -0.1) is 0 Å². The Morgan fingerprint density at radius 3 is 2.40 bits per heavy atom. The van der Waals surface area contributed by atoms with Crippen LogP contribution >= 0.6 is 0 Å². The number of aromatic amines is 1. The molecule has 5 heteroatoms. The minimum absolute atomic E-state index is 0.115. The largest absolute Gasteiger partial charge is 0.491 e. The molecule has 0 aliphatic heterocycles. The molecule has 0 aliphatic rings. The fourth-order valence-electron chi connectivity index (χ4n) is 1.74. The maximum Gasteiger partial charge on any atom is 0.256 e. The van der Waals surface area contributed by atoms with Gasteiger partial charge in [-0.3, -0.25) is 9.89 Å². The fraction of sp³-hybridized carbons (Fsp3) is 0.333. The molecule has 0 bridgehead atoms. The van der Waals surface area contributed by atoms with E-state index in [2.05, 4.69) is 15.5 Å². The molecule has 2 N–H and O–H groups in total. The number of nitrogens with one attached hydrogen (secondary N) is 2. The van der Waals surface area contributed by atoms with Gasteiger partial charge in [0.25, 0.3) is 5.91 Å². The maximum atomic E-state index is 12.1. The number of hydrogen-bond acceptors (Lipinski definition) is 3. The van der Waals surface area contributed by atoms with Crippen LogP contribution in [0.4, 0.5) is 5.82 Å². The molecule has 20 heavy (non-hydrogen) atoms. The number of H-pyrrole nitrogens is 1. The van der Waals surface area contributed by atoms with E-state index in [-0.39, 0.29) is 12.0 Å². The second kappa shape index (κ2) is 5.77. The maximum absolute atomic E-state index is 12.1. The van der Waals surface area contributed by atoms with E-state index in [9.17, 15) is 4.79 Å². The fourth-order valence-corrected chi connectivity index (χ4v) is 1.74. The summed E-state index contributed by atoms with van der Waals surface area (Å²) in [4.78, 5) is 12.1. The van der Waals surface area contributed by atoms with Gasteiger partial charge in [0.15, 0.2) is 5.82 Å². The molecule has 0 saturated carbocycles. The topological polar surface area (TPSA) is 67.0 Å². The van der Waals surface area contributed by atoms with Gasteiger partial charge in [0, 0.05) is 16.8 Å². The van der Waals surface area contributed by atoms with Crippen molar-refractivity contribution in [3.05, 3.63) is 41.1 Å². The van der Waals surface area contributed by atoms with Crippen molar-refractivity contribution in [2.45, 2.75) is 33.8 Å². The number of rotatable bonds is 4. The molecule has 0 saturated heterocycles. The monoisotopic (exact) mass is 273 g/mol. The van der Waals surface area contributed by atoms with Gasteiger partial charge in [-0.05, 0) is 52.0 Å². The van der Waals surface area contributed by atoms with Gasteiger partial charge in [0.05, 0.1) is 6.10 Å². The number of amides is 1. The van der Waals surface area contributed by atoms with Crippen LogP contribution in [0.25, 0.3) is 0 Å². The van der Waals surface area contributed by atoms with E-state index in [1.165, 1.54) is 0 Å². The summed E-state index contributed by atoms with van der Waals surface area (Å²) in [7, 11) is 0. The lowest BCUT2D eigenvalue weighted by atomic mass is 10.2. The minimum atomic E-state index is -0.185. The molecule has 1 aromatic heterocycles. The summed E-state index contributed by atoms with van der Waals surface area (Å²) in [5.41, 5.74) is 2.46. The molecular weight excluding hydrogens is 254 g/mol. The smallest absolute Gasteiger partial charge is 0.256 e. The molecule has 5 nitrogen and oxygen atoms in total. The Kier molecular flexibility index (Phi) is 4.08. The highest BCUT2D eigenvalue weighted by atomic mass is 16.5. The van der Waals surface area contributed by atoms with Crippen LogP contribution in [0.15, 0.2) is 24.3 Å². The first kappa shape index (κ1) is 14.1. The summed E-state index contributed by atoms with van der Waals surface area (Å²) in [5.74, 6) is 1.13. The Morgan fingerprint density at radius 1 is 1.25 bits per heavy atom. The van der Waals surface area contributed by atoms with Crippen LogP contribution in [-0.4, -0.2) is 22.2 Å². The number of benzene rings is 1. The molecule has 0 radical (unpaired) electrons. The minimum Gasteiger partial charge on any atom is -0.491 e. The summed E-state index contributed by atoms with van der Waals surface area (Å²) < 4.78 is 5.54. The van der Waals surface area contributed by atoms with Crippen molar-refractivity contribution in [3.63, 3.8) is 0 Å². The molecule has 106 valence electrons. The quantitative estimate of drug-likeness (QED) is 0.899. The van der Waals surface area contributed by atoms with Crippen LogP contribution in [0.3, 0.4) is 0 Å². The lowest BCUT2D eigenvalue weighted by Gasteiger charge is -2.10. The van der Waals surface area contributed by atoms with E-state index in [0.29, 0.717) is 11.4 Å². The van der Waals surface area contributed by atoms with E-state index in [1.807, 2.05) is 27.7 Å². The molecule has 0 fully saturated rings. The van der Waals surface area contributed by atoms with Crippen molar-refractivity contribution in [2.75, 3.05) is 5.32 Å². The zero-order chi connectivity index (χ0) is 14.7. The number of aromatic nitrogens is 2. The number of anilines is 1. The molecule has 1 amide bonds. The standard InChI is InChI=1S/C15H19N3O2/c1-9(2)20-13-7-5-12(6-8-13)15(19)16-14-10(3)11(4)17-18-14/h5-9H,1-4H3,(H2,16,17,18,19). The zero-order valence-corrected chi connectivity index (χ0v) is 12.2. The molecule has 2 rings (SSSR count). The SMILES string of the molecule is Cc1[nH]nc(NC(=O)c2ccc(OC(C)C)cc2)c1C. The Balaban J connectivity index is 2.08. The third-order valence-electron chi connectivity index (χ3n) is 2.97. The molecule has 0 aliphatic carbocycles. The van der Waals surface area contributed by atoms with Gasteiger partial charge >= 0.3 is 0 Å². The Labute approximate surface area is 118 Å². The van der Waals surface area contributed by atoms with Gasteiger partial charge in [0.1, 0.15) is 5.75 Å². The van der Waals surface area contributed by atoms with Gasteiger partial charge in [-0.25, -0.2) is 0 Å². The Morgan fingerprint density at radius 2 is 1.90 bits per heavy atom. The second-order valence-electron chi connectivity index (χ2n) is 4.97. The highest BCUT2D eigenvalue weighted by Gasteiger charge is 2.11. The van der Waals surface area contributed by atoms with Crippen molar-refractivity contribution in [3.8, 4) is 5.75 Å². The summed E-state index contributed by atoms with van der Waals surface area (Å²) in [6.07, 6.45) is 0.115. The Bertz CT molecular complexity index is 600. The first-order valence-corrected chi connectivity index (χ1v) is 6.57. The van der Waals surface area contributed by atoms with E-state index >= 15 is 0 Å². The number of carbonyl (C=O) groups is 1. The lowest BCUT2D eigenvalue weighted by Crippen LogP contribution is -2.13. The number of hydrogen-bond donors (Lipinski definition) is 2. The summed E-state index contributed by atoms with van der Waals surface area (Å²) >= 11 is 0. The van der Waals surface area contributed by atoms with E-state index < -0.39 is 0 Å². The zero-order valence-electron chi connectivity index (χ0n) is 12.2. The van der Waals surface area contributed by atoms with Crippen molar-refractivity contribution >= 4 is 11.7 Å². The molecular formula is C15H19N3O2. The highest BCUT2D eigenvalue weighted by molar-refractivity contribution is 6.04.